The highest BCUT2D eigenvalue weighted by Gasteiger charge is 2.17. The van der Waals surface area contributed by atoms with Crippen LogP contribution in [0.25, 0.3) is 0 Å². The molecule has 2 unspecified atom stereocenters. The van der Waals surface area contributed by atoms with E-state index in [9.17, 15) is 4.39 Å². The number of hydrogen-bond acceptors (Lipinski definition) is 2. The first kappa shape index (κ1) is 17.1. The maximum absolute atomic E-state index is 13.4. The van der Waals surface area contributed by atoms with Crippen molar-refractivity contribution < 1.29 is 4.39 Å². The maximum atomic E-state index is 13.4. The fourth-order valence-electron chi connectivity index (χ4n) is 2.66. The van der Waals surface area contributed by atoms with E-state index in [2.05, 4.69) is 45.1 Å². The van der Waals surface area contributed by atoms with E-state index in [1.54, 1.807) is 12.1 Å². The van der Waals surface area contributed by atoms with Crippen molar-refractivity contribution in [2.45, 2.75) is 45.7 Å². The van der Waals surface area contributed by atoms with Gasteiger partial charge in [0.15, 0.2) is 0 Å². The minimum absolute atomic E-state index is 0.157. The normalized spacial score (nSPS) is 14.8. The predicted molar refractivity (Wildman–Crippen MR) is 84.4 cm³/mol. The van der Waals surface area contributed by atoms with Crippen molar-refractivity contribution in [2.24, 2.45) is 5.92 Å². The number of nitrogens with zero attached hydrogens (tertiary/aromatic N) is 1. The third-order valence-corrected chi connectivity index (χ3v) is 3.44. The summed E-state index contributed by atoms with van der Waals surface area (Å²) in [7, 11) is 4.19. The lowest BCUT2D eigenvalue weighted by molar-refractivity contribution is 0.284. The number of benzene rings is 1. The second kappa shape index (κ2) is 8.38. The molecule has 2 nitrogen and oxygen atoms in total. The molecule has 0 aliphatic rings. The molecular weight excluding hydrogens is 251 g/mol. The topological polar surface area (TPSA) is 15.3 Å². The third kappa shape index (κ3) is 6.02. The summed E-state index contributed by atoms with van der Waals surface area (Å²) in [6.45, 7) is 7.63. The molecule has 0 radical (unpaired) electrons. The molecule has 114 valence electrons. The number of hydrogen-bond donors (Lipinski definition) is 1. The third-order valence-electron chi connectivity index (χ3n) is 3.44. The second-order valence-corrected chi connectivity index (χ2v) is 6.27. The van der Waals surface area contributed by atoms with Crippen molar-refractivity contribution in [1.29, 1.82) is 0 Å². The van der Waals surface area contributed by atoms with Crippen LogP contribution in [-0.4, -0.2) is 31.6 Å². The summed E-state index contributed by atoms with van der Waals surface area (Å²) in [5, 5.41) is 3.70. The minimum Gasteiger partial charge on any atom is -0.308 e. The molecule has 2 atom stereocenters. The molecule has 0 amide bonds. The van der Waals surface area contributed by atoms with Gasteiger partial charge in [-0.2, -0.15) is 0 Å². The molecule has 1 aromatic rings. The Morgan fingerprint density at radius 2 is 1.95 bits per heavy atom. The first-order valence-corrected chi connectivity index (χ1v) is 7.58. The Balaban J connectivity index is 2.77. The molecular formula is C17H29FN2. The van der Waals surface area contributed by atoms with Crippen molar-refractivity contribution >= 4 is 0 Å². The molecule has 1 N–H and O–H groups in total. The predicted octanol–water partition coefficient (Wildman–Crippen LogP) is 3.84. The Kier molecular flexibility index (Phi) is 7.17. The highest BCUT2D eigenvalue weighted by molar-refractivity contribution is 5.20. The van der Waals surface area contributed by atoms with Crippen molar-refractivity contribution in [3.05, 3.63) is 35.6 Å². The molecule has 0 fully saturated rings. The lowest BCUT2D eigenvalue weighted by Gasteiger charge is -2.29. The molecule has 3 heteroatoms. The summed E-state index contributed by atoms with van der Waals surface area (Å²) in [6, 6.07) is 7.59. The molecule has 0 saturated carbocycles. The first-order chi connectivity index (χ1) is 9.42. The van der Waals surface area contributed by atoms with E-state index in [0.29, 0.717) is 12.0 Å². The van der Waals surface area contributed by atoms with Crippen molar-refractivity contribution in [3.63, 3.8) is 0 Å². The van der Waals surface area contributed by atoms with Gasteiger partial charge in [0.2, 0.25) is 0 Å². The van der Waals surface area contributed by atoms with Gasteiger partial charge < -0.3 is 10.2 Å². The van der Waals surface area contributed by atoms with E-state index in [4.69, 9.17) is 0 Å². The molecule has 1 rings (SSSR count). The lowest BCUT2D eigenvalue weighted by Crippen LogP contribution is -2.41. The maximum Gasteiger partial charge on any atom is 0.123 e. The molecule has 0 aliphatic heterocycles. The lowest BCUT2D eigenvalue weighted by atomic mass is 9.99. The summed E-state index contributed by atoms with van der Waals surface area (Å²) in [6.07, 6.45) is 2.09. The summed E-state index contributed by atoms with van der Waals surface area (Å²) < 4.78 is 13.4. The van der Waals surface area contributed by atoms with Gasteiger partial charge in [0.05, 0.1) is 0 Å². The Labute approximate surface area is 123 Å². The molecule has 1 aromatic carbocycles. The van der Waals surface area contributed by atoms with Crippen molar-refractivity contribution in [3.8, 4) is 0 Å². The van der Waals surface area contributed by atoms with E-state index in [1.807, 2.05) is 6.07 Å². The summed E-state index contributed by atoms with van der Waals surface area (Å²) in [5.41, 5.74) is 1.04. The number of likely N-dealkylation sites (N-methyl/N-ethyl adjacent to an activating group) is 1. The van der Waals surface area contributed by atoms with Crippen LogP contribution >= 0.6 is 0 Å². The Hall–Kier alpha value is -0.930. The van der Waals surface area contributed by atoms with Gasteiger partial charge in [-0.25, -0.2) is 4.39 Å². The van der Waals surface area contributed by atoms with Crippen LogP contribution in [0.4, 0.5) is 4.39 Å². The van der Waals surface area contributed by atoms with Crippen LogP contribution < -0.4 is 5.32 Å². The molecule has 20 heavy (non-hydrogen) atoms. The minimum atomic E-state index is -0.157. The summed E-state index contributed by atoms with van der Waals surface area (Å²) >= 11 is 0. The average Bonchev–Trinajstić information content (AvgIpc) is 2.34. The zero-order valence-electron chi connectivity index (χ0n) is 13.5. The summed E-state index contributed by atoms with van der Waals surface area (Å²) in [5.74, 6) is 0.494. The van der Waals surface area contributed by atoms with Crippen molar-refractivity contribution in [2.75, 3.05) is 20.6 Å². The first-order valence-electron chi connectivity index (χ1n) is 7.58. The Bertz CT molecular complexity index is 380. The Morgan fingerprint density at radius 3 is 2.45 bits per heavy atom. The van der Waals surface area contributed by atoms with Gasteiger partial charge in [-0.15, -0.1) is 0 Å². The fraction of sp³-hybridized carbons (Fsp3) is 0.647. The quantitative estimate of drug-likeness (QED) is 0.778. The second-order valence-electron chi connectivity index (χ2n) is 6.27. The smallest absolute Gasteiger partial charge is 0.123 e. The van der Waals surface area contributed by atoms with Gasteiger partial charge >= 0.3 is 0 Å². The van der Waals surface area contributed by atoms with E-state index in [0.717, 1.165) is 24.9 Å². The fourth-order valence-corrected chi connectivity index (χ4v) is 2.66. The summed E-state index contributed by atoms with van der Waals surface area (Å²) in [4.78, 5) is 2.21. The van der Waals surface area contributed by atoms with Gasteiger partial charge in [0.1, 0.15) is 5.82 Å². The van der Waals surface area contributed by atoms with Crippen LogP contribution in [0.3, 0.4) is 0 Å². The zero-order chi connectivity index (χ0) is 15.1. The van der Waals surface area contributed by atoms with Gasteiger partial charge in [0.25, 0.3) is 0 Å². The van der Waals surface area contributed by atoms with Crippen molar-refractivity contribution in [1.82, 2.24) is 10.2 Å². The molecule has 0 heterocycles. The van der Waals surface area contributed by atoms with Crippen LogP contribution in [0.5, 0.6) is 0 Å². The molecule has 0 aliphatic carbocycles. The zero-order valence-corrected chi connectivity index (χ0v) is 13.5. The van der Waals surface area contributed by atoms with Crippen LogP contribution in [-0.2, 0) is 0 Å². The monoisotopic (exact) mass is 280 g/mol. The number of nitrogens with one attached hydrogen (secondary N) is 1. The van der Waals surface area contributed by atoms with Crippen LogP contribution in [0.1, 0.15) is 45.2 Å². The van der Waals surface area contributed by atoms with E-state index in [1.165, 1.54) is 6.07 Å². The van der Waals surface area contributed by atoms with Gasteiger partial charge in [-0.1, -0.05) is 32.9 Å². The molecule has 0 spiro atoms. The Morgan fingerprint density at radius 1 is 1.25 bits per heavy atom. The van der Waals surface area contributed by atoms with E-state index < -0.39 is 0 Å². The van der Waals surface area contributed by atoms with Gasteiger partial charge in [-0.05, 0) is 50.6 Å². The highest BCUT2D eigenvalue weighted by atomic mass is 19.1. The molecule has 0 bridgehead atoms. The van der Waals surface area contributed by atoms with Crippen LogP contribution in [0, 0.1) is 11.7 Å². The number of halogens is 1. The standard InChI is InChI=1S/C17H29FN2/c1-6-17(14-8-7-9-15(18)11-14)19-16(10-13(2)3)12-20(4)5/h7-9,11,13,16-17,19H,6,10,12H2,1-5H3. The largest absolute Gasteiger partial charge is 0.308 e. The molecule has 0 saturated heterocycles. The highest BCUT2D eigenvalue weighted by Crippen LogP contribution is 2.20. The van der Waals surface area contributed by atoms with Crippen LogP contribution in [0.2, 0.25) is 0 Å². The average molecular weight is 280 g/mol. The van der Waals surface area contributed by atoms with Crippen LogP contribution in [0.15, 0.2) is 24.3 Å². The number of rotatable bonds is 8. The SMILES string of the molecule is CCC(NC(CC(C)C)CN(C)C)c1cccc(F)c1. The van der Waals surface area contributed by atoms with Gasteiger partial charge in [0, 0.05) is 18.6 Å². The van der Waals surface area contributed by atoms with Gasteiger partial charge in [-0.3, -0.25) is 0 Å². The van der Waals surface area contributed by atoms with E-state index in [-0.39, 0.29) is 11.9 Å². The molecule has 0 aromatic heterocycles. The van der Waals surface area contributed by atoms with E-state index >= 15 is 0 Å².